The van der Waals surface area contributed by atoms with E-state index in [4.69, 9.17) is 8.92 Å². The molecule has 168 valence electrons. The lowest BCUT2D eigenvalue weighted by atomic mass is 10.1. The Morgan fingerprint density at radius 2 is 1.82 bits per heavy atom. The molecule has 0 spiro atoms. The van der Waals surface area contributed by atoms with Crippen LogP contribution in [-0.4, -0.2) is 21.4 Å². The summed E-state index contributed by atoms with van der Waals surface area (Å²) in [4.78, 5) is 12.5. The molecule has 0 bridgehead atoms. The summed E-state index contributed by atoms with van der Waals surface area (Å²) < 4.78 is 36.1. The minimum atomic E-state index is -4.10. The molecule has 9 heteroatoms. The van der Waals surface area contributed by atoms with Gasteiger partial charge in [0.2, 0.25) is 0 Å². The summed E-state index contributed by atoms with van der Waals surface area (Å²) in [5.41, 5.74) is 1.81. The van der Waals surface area contributed by atoms with Crippen LogP contribution in [0.2, 0.25) is 0 Å². The van der Waals surface area contributed by atoms with Crippen molar-refractivity contribution in [3.05, 3.63) is 87.9 Å². The first-order valence-corrected chi connectivity index (χ1v) is 11.8. The minimum absolute atomic E-state index is 0.0116. The van der Waals surface area contributed by atoms with E-state index in [1.165, 1.54) is 37.5 Å². The molecule has 0 atom stereocenters. The van der Waals surface area contributed by atoms with Crippen LogP contribution in [0.15, 0.2) is 81.7 Å². The van der Waals surface area contributed by atoms with Crippen molar-refractivity contribution in [3.63, 3.8) is 0 Å². The van der Waals surface area contributed by atoms with Crippen molar-refractivity contribution in [2.24, 2.45) is 0 Å². The van der Waals surface area contributed by atoms with Gasteiger partial charge in [0, 0.05) is 5.69 Å². The van der Waals surface area contributed by atoms with Crippen molar-refractivity contribution in [2.75, 3.05) is 12.4 Å². The Labute approximate surface area is 200 Å². The molecule has 0 unspecified atom stereocenters. The van der Waals surface area contributed by atoms with Gasteiger partial charge in [-0.2, -0.15) is 13.7 Å². The summed E-state index contributed by atoms with van der Waals surface area (Å²) in [5.74, 6) is -0.530. The third-order valence-corrected chi connectivity index (χ3v) is 6.25. The number of halogens is 1. The number of ether oxygens (including phenoxy) is 1. The van der Waals surface area contributed by atoms with E-state index in [0.29, 0.717) is 11.3 Å². The summed E-state index contributed by atoms with van der Waals surface area (Å²) in [6, 6.07) is 19.8. The van der Waals surface area contributed by atoms with Crippen LogP contribution in [0.5, 0.6) is 11.5 Å². The number of hydrogen-bond acceptors (Lipinski definition) is 6. The molecule has 7 nitrogen and oxygen atoms in total. The second-order valence-corrected chi connectivity index (χ2v) is 9.28. The third-order valence-electron chi connectivity index (χ3n) is 4.43. The molecule has 0 fully saturated rings. The first-order valence-electron chi connectivity index (χ1n) is 9.60. The second kappa shape index (κ2) is 10.3. The number of benzene rings is 3. The largest absolute Gasteiger partial charge is 0.493 e. The molecule has 3 aromatic rings. The predicted octanol–water partition coefficient (Wildman–Crippen LogP) is 5.08. The van der Waals surface area contributed by atoms with E-state index in [-0.39, 0.29) is 26.4 Å². The van der Waals surface area contributed by atoms with Gasteiger partial charge < -0.3 is 14.2 Å². The molecule has 0 aromatic heterocycles. The topological polar surface area (TPSA) is 105 Å². The summed E-state index contributed by atoms with van der Waals surface area (Å²) in [6.45, 7) is 1.89. The molecular formula is C24H19BrN2O5S. The number of anilines is 1. The number of carbonyl (C=O) groups is 1. The van der Waals surface area contributed by atoms with Crippen molar-refractivity contribution in [1.82, 2.24) is 0 Å². The highest BCUT2D eigenvalue weighted by molar-refractivity contribution is 9.10. The first kappa shape index (κ1) is 24.0. The van der Waals surface area contributed by atoms with E-state index in [0.717, 1.165) is 5.56 Å². The number of methoxy groups -OCH3 is 1. The molecule has 0 aliphatic carbocycles. The highest BCUT2D eigenvalue weighted by atomic mass is 79.9. The smallest absolute Gasteiger partial charge is 0.339 e. The lowest BCUT2D eigenvalue weighted by Crippen LogP contribution is -2.13. The van der Waals surface area contributed by atoms with Gasteiger partial charge in [-0.15, -0.1) is 0 Å². The zero-order valence-corrected chi connectivity index (χ0v) is 20.1. The fourth-order valence-corrected chi connectivity index (χ4v) is 4.51. The van der Waals surface area contributed by atoms with Gasteiger partial charge in [-0.05, 0) is 76.5 Å². The van der Waals surface area contributed by atoms with Crippen molar-refractivity contribution < 1.29 is 22.1 Å². The maximum absolute atomic E-state index is 12.6. The standard InChI is InChI=1S/C24H19BrN2O5S/c1-16-7-6-8-19(11-16)27-24(28)18(15-26)12-17-13-21(25)23(22(14-17)31-2)32-33(29,30)20-9-4-3-5-10-20/h3-14H,1-2H3,(H,27,28)/b18-12+. The van der Waals surface area contributed by atoms with Gasteiger partial charge in [-0.3, -0.25) is 4.79 Å². The SMILES string of the molecule is COc1cc(/C=C(\C#N)C(=O)Nc2cccc(C)c2)cc(Br)c1OS(=O)(=O)c1ccccc1. The molecule has 0 heterocycles. The van der Waals surface area contributed by atoms with Crippen LogP contribution in [-0.2, 0) is 14.9 Å². The van der Waals surface area contributed by atoms with Gasteiger partial charge in [-0.25, -0.2) is 0 Å². The quantitative estimate of drug-likeness (QED) is 0.261. The predicted molar refractivity (Wildman–Crippen MR) is 128 cm³/mol. The van der Waals surface area contributed by atoms with Gasteiger partial charge in [0.25, 0.3) is 5.91 Å². The number of hydrogen-bond donors (Lipinski definition) is 1. The van der Waals surface area contributed by atoms with E-state index < -0.39 is 16.0 Å². The Hall–Kier alpha value is -3.61. The molecule has 0 aliphatic heterocycles. The average molecular weight is 527 g/mol. The fraction of sp³-hybridized carbons (Fsp3) is 0.0833. The van der Waals surface area contributed by atoms with Gasteiger partial charge in [-0.1, -0.05) is 30.3 Å². The normalized spacial score (nSPS) is 11.4. The molecular weight excluding hydrogens is 508 g/mol. The van der Waals surface area contributed by atoms with Crippen molar-refractivity contribution in [1.29, 1.82) is 5.26 Å². The number of aryl methyl sites for hydroxylation is 1. The zero-order valence-electron chi connectivity index (χ0n) is 17.7. The fourth-order valence-electron chi connectivity index (χ4n) is 2.89. The highest BCUT2D eigenvalue weighted by Gasteiger charge is 2.22. The molecule has 3 aromatic carbocycles. The Balaban J connectivity index is 1.91. The number of nitriles is 1. The van der Waals surface area contributed by atoms with E-state index in [9.17, 15) is 18.5 Å². The number of carbonyl (C=O) groups excluding carboxylic acids is 1. The lowest BCUT2D eigenvalue weighted by Gasteiger charge is -2.13. The molecule has 1 amide bonds. The van der Waals surface area contributed by atoms with Crippen LogP contribution in [0.1, 0.15) is 11.1 Å². The van der Waals surface area contributed by atoms with Crippen molar-refractivity contribution in [2.45, 2.75) is 11.8 Å². The molecule has 0 saturated carbocycles. The first-order chi connectivity index (χ1) is 15.7. The van der Waals surface area contributed by atoms with Crippen LogP contribution in [0.25, 0.3) is 6.08 Å². The van der Waals surface area contributed by atoms with Crippen LogP contribution >= 0.6 is 15.9 Å². The molecule has 1 N–H and O–H groups in total. The van der Waals surface area contributed by atoms with Gasteiger partial charge in [0.1, 0.15) is 16.5 Å². The summed E-state index contributed by atoms with van der Waals surface area (Å²) >= 11 is 3.29. The zero-order chi connectivity index (χ0) is 24.0. The lowest BCUT2D eigenvalue weighted by molar-refractivity contribution is -0.112. The van der Waals surface area contributed by atoms with Crippen LogP contribution < -0.4 is 14.2 Å². The average Bonchev–Trinajstić information content (AvgIpc) is 2.79. The van der Waals surface area contributed by atoms with Gasteiger partial charge in [0.05, 0.1) is 11.6 Å². The molecule has 0 saturated heterocycles. The van der Waals surface area contributed by atoms with E-state index in [2.05, 4.69) is 21.2 Å². The van der Waals surface area contributed by atoms with Gasteiger partial charge in [0.15, 0.2) is 11.5 Å². The maximum Gasteiger partial charge on any atom is 0.339 e. The number of nitrogens with one attached hydrogen (secondary N) is 1. The maximum atomic E-state index is 12.6. The Morgan fingerprint density at radius 1 is 1.09 bits per heavy atom. The Morgan fingerprint density at radius 3 is 2.45 bits per heavy atom. The minimum Gasteiger partial charge on any atom is -0.493 e. The molecule has 0 aliphatic rings. The van der Waals surface area contributed by atoms with E-state index in [1.54, 1.807) is 36.4 Å². The van der Waals surface area contributed by atoms with Crippen LogP contribution in [0, 0.1) is 18.3 Å². The number of nitrogens with zero attached hydrogens (tertiary/aromatic N) is 1. The van der Waals surface area contributed by atoms with E-state index >= 15 is 0 Å². The van der Waals surface area contributed by atoms with Crippen molar-refractivity contribution >= 4 is 43.7 Å². The van der Waals surface area contributed by atoms with Crippen LogP contribution in [0.4, 0.5) is 5.69 Å². The summed E-state index contributed by atoms with van der Waals surface area (Å²) in [5, 5.41) is 12.2. The number of rotatable bonds is 7. The third kappa shape index (κ3) is 6.00. The number of amides is 1. The Kier molecular flexibility index (Phi) is 7.53. The summed E-state index contributed by atoms with van der Waals surface area (Å²) in [7, 11) is -2.75. The Bertz CT molecular complexity index is 1360. The highest BCUT2D eigenvalue weighted by Crippen LogP contribution is 2.39. The van der Waals surface area contributed by atoms with Gasteiger partial charge >= 0.3 is 10.1 Å². The monoisotopic (exact) mass is 526 g/mol. The van der Waals surface area contributed by atoms with Crippen LogP contribution in [0.3, 0.4) is 0 Å². The molecule has 3 rings (SSSR count). The second-order valence-electron chi connectivity index (χ2n) is 6.88. The van der Waals surface area contributed by atoms with Crippen molar-refractivity contribution in [3.8, 4) is 17.6 Å². The molecule has 0 radical (unpaired) electrons. The molecule has 33 heavy (non-hydrogen) atoms. The van der Waals surface area contributed by atoms with E-state index in [1.807, 2.05) is 19.1 Å². The summed E-state index contributed by atoms with van der Waals surface area (Å²) in [6.07, 6.45) is 1.37.